The lowest BCUT2D eigenvalue weighted by atomic mass is 9.96. The van der Waals surface area contributed by atoms with Gasteiger partial charge in [-0.25, -0.2) is 0 Å². The second kappa shape index (κ2) is 20.0. The summed E-state index contributed by atoms with van der Waals surface area (Å²) in [6.45, 7) is 3.17. The molecule has 0 saturated heterocycles. The van der Waals surface area contributed by atoms with Crippen molar-refractivity contribution in [3.05, 3.63) is 105 Å². The number of halogens is 2. The van der Waals surface area contributed by atoms with Crippen molar-refractivity contribution in [3.63, 3.8) is 0 Å². The summed E-state index contributed by atoms with van der Waals surface area (Å²) >= 11 is 13.5. The third-order valence-electron chi connectivity index (χ3n) is 7.88. The molecule has 50 heavy (non-hydrogen) atoms. The fourth-order valence-corrected chi connectivity index (χ4v) is 5.54. The Labute approximate surface area is 302 Å². The van der Waals surface area contributed by atoms with Gasteiger partial charge in [0.2, 0.25) is 0 Å². The normalized spacial score (nSPS) is 11.7. The smallest absolute Gasteiger partial charge is 0.142 e. The Morgan fingerprint density at radius 1 is 0.860 bits per heavy atom. The maximum absolute atomic E-state index is 9.51. The van der Waals surface area contributed by atoms with E-state index in [-0.39, 0.29) is 39.6 Å². The molecule has 266 valence electrons. The fraction of sp³-hybridized carbons (Fsp3) is 0.351. The SMILES string of the molecule is Cc1c(COc2cc(OCc3cncc(C#N)c3)c(CNC(CO)CO)cc2Cl)cccc1-c1cccc(OCCCNC[C@H](O)CO)c1Cl. The Kier molecular flexibility index (Phi) is 15.6. The third kappa shape index (κ3) is 11.0. The third-order valence-corrected chi connectivity index (χ3v) is 8.57. The highest BCUT2D eigenvalue weighted by molar-refractivity contribution is 6.35. The topological polar surface area (TPSA) is 169 Å². The fourth-order valence-electron chi connectivity index (χ4n) is 5.02. The lowest BCUT2D eigenvalue weighted by Crippen LogP contribution is -2.35. The molecule has 0 unspecified atom stereocenters. The van der Waals surface area contributed by atoms with Crippen molar-refractivity contribution in [2.45, 2.75) is 45.2 Å². The molecule has 0 amide bonds. The van der Waals surface area contributed by atoms with Crippen LogP contribution in [0.2, 0.25) is 10.0 Å². The van der Waals surface area contributed by atoms with Gasteiger partial charge in [0.05, 0.1) is 54.2 Å². The van der Waals surface area contributed by atoms with Crippen LogP contribution in [-0.4, -0.2) is 77.1 Å². The summed E-state index contributed by atoms with van der Waals surface area (Å²) in [6, 6.07) is 18.2. The van der Waals surface area contributed by atoms with Crippen LogP contribution in [0.15, 0.2) is 67.0 Å². The largest absolute Gasteiger partial charge is 0.492 e. The Hall–Kier alpha value is -3.96. The van der Waals surface area contributed by atoms with Crippen molar-refractivity contribution in [1.29, 1.82) is 5.26 Å². The molecule has 0 aliphatic heterocycles. The number of nitriles is 1. The maximum Gasteiger partial charge on any atom is 0.142 e. The van der Waals surface area contributed by atoms with Gasteiger partial charge in [0.15, 0.2) is 0 Å². The molecule has 11 nitrogen and oxygen atoms in total. The second-order valence-electron chi connectivity index (χ2n) is 11.6. The average molecular weight is 726 g/mol. The quantitative estimate of drug-likeness (QED) is 0.0708. The van der Waals surface area contributed by atoms with E-state index in [4.69, 9.17) is 42.5 Å². The van der Waals surface area contributed by atoms with Crippen molar-refractivity contribution in [3.8, 4) is 34.4 Å². The molecule has 3 aromatic carbocycles. The summed E-state index contributed by atoms with van der Waals surface area (Å²) < 4.78 is 18.4. The highest BCUT2D eigenvalue weighted by Crippen LogP contribution is 2.38. The predicted octanol–water partition coefficient (Wildman–Crippen LogP) is 4.55. The molecule has 0 radical (unpaired) electrons. The highest BCUT2D eigenvalue weighted by atomic mass is 35.5. The summed E-state index contributed by atoms with van der Waals surface area (Å²) in [4.78, 5) is 4.10. The minimum atomic E-state index is -0.787. The van der Waals surface area contributed by atoms with Gasteiger partial charge in [-0.2, -0.15) is 5.26 Å². The molecule has 0 spiro atoms. The minimum Gasteiger partial charge on any atom is -0.492 e. The van der Waals surface area contributed by atoms with E-state index in [0.717, 1.165) is 22.3 Å². The highest BCUT2D eigenvalue weighted by Gasteiger charge is 2.17. The zero-order valence-corrected chi connectivity index (χ0v) is 29.3. The molecule has 0 bridgehead atoms. The van der Waals surface area contributed by atoms with E-state index in [1.807, 2.05) is 43.3 Å². The molecule has 6 N–H and O–H groups in total. The van der Waals surface area contributed by atoms with E-state index in [1.54, 1.807) is 24.4 Å². The van der Waals surface area contributed by atoms with Gasteiger partial charge in [-0.1, -0.05) is 53.5 Å². The Balaban J connectivity index is 1.49. The molecular formula is C37H42Cl2N4O7. The van der Waals surface area contributed by atoms with Gasteiger partial charge in [0.1, 0.15) is 36.5 Å². The Morgan fingerprint density at radius 2 is 1.62 bits per heavy atom. The molecule has 1 aromatic heterocycles. The van der Waals surface area contributed by atoms with Crippen molar-refractivity contribution in [2.75, 3.05) is 39.5 Å². The lowest BCUT2D eigenvalue weighted by molar-refractivity contribution is 0.0942. The van der Waals surface area contributed by atoms with Crippen LogP contribution in [0.4, 0.5) is 0 Å². The number of ether oxygens (including phenoxy) is 3. The van der Waals surface area contributed by atoms with Gasteiger partial charge in [0.25, 0.3) is 0 Å². The second-order valence-corrected chi connectivity index (χ2v) is 12.3. The number of rotatable bonds is 20. The molecule has 0 aliphatic rings. The molecule has 1 heterocycles. The van der Waals surface area contributed by atoms with Gasteiger partial charge in [0, 0.05) is 48.2 Å². The molecule has 4 aromatic rings. The van der Waals surface area contributed by atoms with E-state index in [1.165, 1.54) is 6.20 Å². The first kappa shape index (κ1) is 38.8. The first-order valence-electron chi connectivity index (χ1n) is 16.1. The molecule has 4 rings (SSSR count). The number of nitrogens with one attached hydrogen (secondary N) is 2. The Morgan fingerprint density at radius 3 is 2.38 bits per heavy atom. The molecule has 0 aliphatic carbocycles. The van der Waals surface area contributed by atoms with Gasteiger partial charge in [-0.15, -0.1) is 0 Å². The summed E-state index contributed by atoms with van der Waals surface area (Å²) in [6.07, 6.45) is 3.00. The monoisotopic (exact) mass is 724 g/mol. The van der Waals surface area contributed by atoms with Crippen molar-refractivity contribution in [1.82, 2.24) is 15.6 Å². The first-order valence-corrected chi connectivity index (χ1v) is 16.9. The molecular weight excluding hydrogens is 683 g/mol. The summed E-state index contributed by atoms with van der Waals surface area (Å²) in [7, 11) is 0. The summed E-state index contributed by atoms with van der Waals surface area (Å²) in [5.41, 5.74) is 5.43. The molecule has 13 heteroatoms. The van der Waals surface area contributed by atoms with Crippen LogP contribution in [0.3, 0.4) is 0 Å². The number of aliphatic hydroxyl groups is 4. The van der Waals surface area contributed by atoms with Crippen LogP contribution in [0.5, 0.6) is 17.2 Å². The average Bonchev–Trinajstić information content (AvgIpc) is 3.13. The first-order chi connectivity index (χ1) is 24.3. The summed E-state index contributed by atoms with van der Waals surface area (Å²) in [5, 5.41) is 53.6. The number of aliphatic hydroxyl groups excluding tert-OH is 4. The van der Waals surface area contributed by atoms with Gasteiger partial charge >= 0.3 is 0 Å². The van der Waals surface area contributed by atoms with Crippen molar-refractivity contribution >= 4 is 23.2 Å². The molecule has 1 atom stereocenters. The van der Waals surface area contributed by atoms with Crippen molar-refractivity contribution < 1.29 is 34.6 Å². The lowest BCUT2D eigenvalue weighted by Gasteiger charge is -2.19. The van der Waals surface area contributed by atoms with Crippen LogP contribution in [0.1, 0.15) is 34.2 Å². The number of hydrogen-bond donors (Lipinski definition) is 6. The zero-order chi connectivity index (χ0) is 35.9. The standard InChI is InChI=1S/C37H42Cl2N4O7/c1-24-27(5-2-6-31(24)32-7-3-8-34(37(32)39)48-10-4-9-41-18-30(47)21-46)23-50-36-13-35(49-22-26-11-25(14-40)15-42-16-26)28(12-33(36)38)17-43-29(19-44)20-45/h2-3,5-8,11-13,15-16,29-30,41,43-47H,4,9-10,17-23H2,1H3/t30-/m0/s1. The number of nitrogens with zero attached hydrogens (tertiary/aromatic N) is 2. The van der Waals surface area contributed by atoms with Gasteiger partial charge < -0.3 is 45.3 Å². The van der Waals surface area contributed by atoms with E-state index in [0.29, 0.717) is 70.1 Å². The van der Waals surface area contributed by atoms with Crippen LogP contribution in [0.25, 0.3) is 11.1 Å². The Bertz CT molecular complexity index is 1730. The summed E-state index contributed by atoms with van der Waals surface area (Å²) in [5.74, 6) is 1.43. The number of hydrogen-bond acceptors (Lipinski definition) is 11. The van der Waals surface area contributed by atoms with Crippen LogP contribution in [-0.2, 0) is 19.8 Å². The van der Waals surface area contributed by atoms with Gasteiger partial charge in [-0.3, -0.25) is 4.98 Å². The van der Waals surface area contributed by atoms with E-state index in [2.05, 4.69) is 21.7 Å². The minimum absolute atomic E-state index is 0.135. The van der Waals surface area contributed by atoms with Crippen molar-refractivity contribution in [2.24, 2.45) is 0 Å². The molecule has 0 fully saturated rings. The number of aromatic nitrogens is 1. The van der Waals surface area contributed by atoms with Crippen LogP contribution >= 0.6 is 23.2 Å². The van der Waals surface area contributed by atoms with E-state index < -0.39 is 12.1 Å². The number of benzene rings is 3. The predicted molar refractivity (Wildman–Crippen MR) is 192 cm³/mol. The van der Waals surface area contributed by atoms with E-state index >= 15 is 0 Å². The van der Waals surface area contributed by atoms with Crippen LogP contribution in [0, 0.1) is 18.3 Å². The van der Waals surface area contributed by atoms with Gasteiger partial charge in [-0.05, 0) is 54.8 Å². The maximum atomic E-state index is 9.51. The number of pyridine rings is 1. The zero-order valence-electron chi connectivity index (χ0n) is 27.7. The van der Waals surface area contributed by atoms with Crippen LogP contribution < -0.4 is 24.8 Å². The molecule has 0 saturated carbocycles. The van der Waals surface area contributed by atoms with E-state index in [9.17, 15) is 20.6 Å².